The van der Waals surface area contributed by atoms with Crippen LogP contribution in [0.3, 0.4) is 0 Å². The minimum Gasteiger partial charge on any atom is -0.619 e. The number of aromatic nitrogens is 1. The molecule has 2 aromatic carbocycles. The van der Waals surface area contributed by atoms with Gasteiger partial charge in [-0.05, 0) is 54.7 Å². The molecule has 2 fully saturated rings. The van der Waals surface area contributed by atoms with Crippen molar-refractivity contribution < 1.29 is 55.2 Å². The zero-order valence-electron chi connectivity index (χ0n) is 29.8. The number of methoxy groups -OCH3 is 1. The fourth-order valence-corrected chi connectivity index (χ4v) is 7.72. The summed E-state index contributed by atoms with van der Waals surface area (Å²) in [6.45, 7) is 0.0664. The second-order valence-corrected chi connectivity index (χ2v) is 16.2. The van der Waals surface area contributed by atoms with Crippen LogP contribution < -0.4 is 23.2 Å². The molecule has 1 saturated heterocycles. The van der Waals surface area contributed by atoms with Crippen LogP contribution in [0.15, 0.2) is 48.8 Å². The first-order valence-corrected chi connectivity index (χ1v) is 20.4. The first-order valence-electron chi connectivity index (χ1n) is 16.8. The van der Waals surface area contributed by atoms with Crippen LogP contribution in [0.1, 0.15) is 40.4 Å². The van der Waals surface area contributed by atoms with Gasteiger partial charge in [0.25, 0.3) is 0 Å². The Bertz CT molecular complexity index is 1900. The minimum atomic E-state index is -3.80. The lowest BCUT2D eigenvalue weighted by molar-refractivity contribution is -0.605. The van der Waals surface area contributed by atoms with Gasteiger partial charge in [0, 0.05) is 43.7 Å². The highest BCUT2D eigenvalue weighted by Crippen LogP contribution is 2.38. The van der Waals surface area contributed by atoms with Crippen LogP contribution >= 0.6 is 47.4 Å². The molecule has 0 unspecified atom stereocenters. The number of nitrogens with zero attached hydrogens (tertiary/aromatic N) is 3. The third-order valence-electron chi connectivity index (χ3n) is 8.58. The van der Waals surface area contributed by atoms with Crippen LogP contribution in [0.5, 0.6) is 17.2 Å². The van der Waals surface area contributed by atoms with Crippen molar-refractivity contribution in [2.75, 3.05) is 69.4 Å². The molecule has 2 heterocycles. The monoisotopic (exact) mass is 869 g/mol. The Balaban J connectivity index is 0.00000673. The van der Waals surface area contributed by atoms with Gasteiger partial charge >= 0.3 is 12.6 Å². The highest BCUT2D eigenvalue weighted by atomic mass is 35.5. The SMILES string of the molecule is COc1ccc(C(=O)SCC(=O)O[C@@H](Cc2c(Cl)c[n+]([O-])cc2Cl)c2ccc(OC(F)F)c(OCC3CC3)c2)cc1N(CCN1CCOCC1)S(C)(=O)=O.Cl. The number of pyridine rings is 1. The maximum atomic E-state index is 13.4. The van der Waals surface area contributed by atoms with E-state index in [2.05, 4.69) is 9.64 Å². The van der Waals surface area contributed by atoms with E-state index in [1.165, 1.54) is 47.8 Å². The smallest absolute Gasteiger partial charge is 0.387 e. The topological polar surface area (TPSA) is 148 Å². The molecule has 302 valence electrons. The Hall–Kier alpha value is -3.32. The Kier molecular flexibility index (Phi) is 16.3. The van der Waals surface area contributed by atoms with Gasteiger partial charge in [0.2, 0.25) is 15.1 Å². The maximum Gasteiger partial charge on any atom is 0.387 e. The number of ether oxygens (including phenoxy) is 5. The van der Waals surface area contributed by atoms with E-state index in [1.807, 2.05) is 0 Å². The van der Waals surface area contributed by atoms with E-state index in [9.17, 15) is 32.0 Å². The quantitative estimate of drug-likeness (QED) is 0.0846. The molecule has 0 amide bonds. The van der Waals surface area contributed by atoms with E-state index in [4.69, 9.17) is 42.1 Å². The second-order valence-electron chi connectivity index (χ2n) is 12.6. The Labute approximate surface area is 338 Å². The van der Waals surface area contributed by atoms with Gasteiger partial charge in [-0.15, -0.1) is 12.4 Å². The summed E-state index contributed by atoms with van der Waals surface area (Å²) in [5.74, 6) is -0.973. The number of anilines is 1. The number of morpholine rings is 1. The normalized spacial score (nSPS) is 15.2. The third kappa shape index (κ3) is 12.8. The number of benzene rings is 2. The average molecular weight is 871 g/mol. The average Bonchev–Trinajstić information content (AvgIpc) is 3.95. The summed E-state index contributed by atoms with van der Waals surface area (Å²) in [6.07, 6.45) is 3.85. The van der Waals surface area contributed by atoms with Crippen molar-refractivity contribution in [1.29, 1.82) is 0 Å². The van der Waals surface area contributed by atoms with Gasteiger partial charge in [0.1, 0.15) is 21.9 Å². The molecule has 1 aliphatic carbocycles. The molecule has 1 aliphatic heterocycles. The summed E-state index contributed by atoms with van der Waals surface area (Å²) in [7, 11) is -2.41. The fraction of sp³-hybridized carbons (Fsp3) is 0.457. The highest BCUT2D eigenvalue weighted by molar-refractivity contribution is 8.14. The van der Waals surface area contributed by atoms with Crippen molar-refractivity contribution in [1.82, 2.24) is 4.90 Å². The minimum absolute atomic E-state index is 0. The zero-order chi connectivity index (χ0) is 39.0. The molecule has 0 bridgehead atoms. The highest BCUT2D eigenvalue weighted by Gasteiger charge is 2.28. The molecular weight excluding hydrogens is 831 g/mol. The third-order valence-corrected chi connectivity index (χ3v) is 11.3. The maximum absolute atomic E-state index is 13.4. The number of sulfonamides is 1. The molecule has 13 nitrogen and oxygen atoms in total. The Morgan fingerprint density at radius 2 is 1.75 bits per heavy atom. The number of halogens is 5. The number of hydrogen-bond acceptors (Lipinski definition) is 12. The Morgan fingerprint density at radius 1 is 1.07 bits per heavy atom. The number of hydrogen-bond donors (Lipinski definition) is 0. The molecule has 1 saturated carbocycles. The summed E-state index contributed by atoms with van der Waals surface area (Å²) < 4.78 is 81.0. The lowest BCUT2D eigenvalue weighted by Gasteiger charge is -2.30. The predicted molar refractivity (Wildman–Crippen MR) is 206 cm³/mol. The van der Waals surface area contributed by atoms with E-state index in [0.717, 1.165) is 31.5 Å². The number of carbonyl (C=O) groups excluding carboxylic acids is 2. The number of esters is 1. The van der Waals surface area contributed by atoms with E-state index in [0.29, 0.717) is 54.9 Å². The number of rotatable bonds is 18. The van der Waals surface area contributed by atoms with Gasteiger partial charge in [0.15, 0.2) is 23.9 Å². The first-order chi connectivity index (χ1) is 25.7. The number of alkyl halides is 2. The molecule has 5 rings (SSSR count). The van der Waals surface area contributed by atoms with Crippen LogP contribution in [0.2, 0.25) is 10.0 Å². The van der Waals surface area contributed by atoms with E-state index in [1.54, 1.807) is 0 Å². The molecule has 2 aliphatic rings. The molecule has 0 spiro atoms. The summed E-state index contributed by atoms with van der Waals surface area (Å²) in [4.78, 5) is 28.8. The van der Waals surface area contributed by atoms with Crippen molar-refractivity contribution in [3.8, 4) is 17.2 Å². The molecular formula is C35H40Cl3F2N3O10S2. The summed E-state index contributed by atoms with van der Waals surface area (Å²) in [6, 6.07) is 8.44. The Morgan fingerprint density at radius 3 is 2.36 bits per heavy atom. The largest absolute Gasteiger partial charge is 0.619 e. The van der Waals surface area contributed by atoms with Crippen molar-refractivity contribution in [3.05, 3.63) is 80.7 Å². The second kappa shape index (κ2) is 20.2. The first kappa shape index (κ1) is 44.4. The summed E-state index contributed by atoms with van der Waals surface area (Å²) in [5, 5.41) is 11.3. The van der Waals surface area contributed by atoms with E-state index in [-0.39, 0.29) is 82.0 Å². The molecule has 55 heavy (non-hydrogen) atoms. The van der Waals surface area contributed by atoms with Crippen molar-refractivity contribution in [3.63, 3.8) is 0 Å². The predicted octanol–water partition coefficient (Wildman–Crippen LogP) is 5.95. The van der Waals surface area contributed by atoms with Crippen LogP contribution in [0.4, 0.5) is 14.5 Å². The molecule has 3 aromatic rings. The van der Waals surface area contributed by atoms with E-state index < -0.39 is 39.6 Å². The standard InChI is InChI=1S/C35H39Cl2F2N3O10S2.ClH/c1-48-29-7-6-24(15-28(29)42(54(2,46)47)10-9-40-11-13-49-14-12-40)34(44)53-21-33(43)51-31(17-25-26(36)18-41(45)19-27(25)37)23-5-8-30(52-35(38)39)32(16-23)50-20-22-3-4-22;/h5-8,15-16,18-19,22,31,35H,3-4,9-14,17,20-21H2,1-2H3;1H/t31-;/m0./s1. The van der Waals surface area contributed by atoms with Crippen molar-refractivity contribution in [2.24, 2.45) is 5.92 Å². The van der Waals surface area contributed by atoms with Gasteiger partial charge in [-0.25, -0.2) is 8.42 Å². The molecule has 1 aromatic heterocycles. The van der Waals surface area contributed by atoms with Crippen molar-refractivity contribution in [2.45, 2.75) is 32.0 Å². The zero-order valence-corrected chi connectivity index (χ0v) is 33.8. The number of carbonyl (C=O) groups is 2. The van der Waals surface area contributed by atoms with Crippen molar-refractivity contribution >= 4 is 74.2 Å². The van der Waals surface area contributed by atoms with Crippen LogP contribution in [0.25, 0.3) is 0 Å². The summed E-state index contributed by atoms with van der Waals surface area (Å²) >= 11 is 13.3. The lowest BCUT2D eigenvalue weighted by Crippen LogP contribution is -2.43. The molecule has 0 N–H and O–H groups in total. The molecule has 1 atom stereocenters. The fourth-order valence-electron chi connectivity index (χ4n) is 5.60. The number of thioether (sulfide) groups is 1. The van der Waals surface area contributed by atoms with Gasteiger partial charge < -0.3 is 28.9 Å². The van der Waals surface area contributed by atoms with Gasteiger partial charge in [0.05, 0.1) is 44.6 Å². The van der Waals surface area contributed by atoms with Crippen LogP contribution in [-0.4, -0.2) is 96.1 Å². The lowest BCUT2D eigenvalue weighted by atomic mass is 10.0. The molecule has 0 radical (unpaired) electrons. The van der Waals surface area contributed by atoms with Crippen LogP contribution in [0, 0.1) is 11.1 Å². The van der Waals surface area contributed by atoms with Crippen LogP contribution in [-0.2, 0) is 30.7 Å². The molecule has 20 heteroatoms. The summed E-state index contributed by atoms with van der Waals surface area (Å²) in [5.41, 5.74) is 0.865. The van der Waals surface area contributed by atoms with Gasteiger partial charge in [-0.1, -0.05) is 41.0 Å². The van der Waals surface area contributed by atoms with Gasteiger partial charge in [-0.2, -0.15) is 13.5 Å². The van der Waals surface area contributed by atoms with Gasteiger partial charge in [-0.3, -0.25) is 18.8 Å². The van der Waals surface area contributed by atoms with E-state index >= 15 is 0 Å².